The third kappa shape index (κ3) is 3.39. The predicted molar refractivity (Wildman–Crippen MR) is 67.6 cm³/mol. The van der Waals surface area contributed by atoms with E-state index in [2.05, 4.69) is 25.9 Å². The van der Waals surface area contributed by atoms with E-state index in [1.165, 1.54) is 5.56 Å². The molecule has 2 aromatic heterocycles. The minimum atomic E-state index is 0.862. The molecule has 2 heterocycles. The molecular weight excluding hydrogens is 212 g/mol. The number of nitrogens with zero attached hydrogens (tertiary/aromatic N) is 3. The Balaban J connectivity index is 1.73. The minimum Gasteiger partial charge on any atom is -0.334 e. The van der Waals surface area contributed by atoms with E-state index in [9.17, 15) is 0 Å². The fourth-order valence-corrected chi connectivity index (χ4v) is 1.68. The molecule has 0 spiro atoms. The zero-order chi connectivity index (χ0) is 12.1. The third-order valence-electron chi connectivity index (χ3n) is 2.75. The van der Waals surface area contributed by atoms with Crippen LogP contribution in [0, 0.1) is 13.8 Å². The molecular formula is C13H18N4. The molecule has 0 atom stereocenters. The third-order valence-corrected chi connectivity index (χ3v) is 2.75. The Morgan fingerprint density at radius 2 is 2.12 bits per heavy atom. The number of rotatable bonds is 5. The van der Waals surface area contributed by atoms with Crippen LogP contribution in [0.4, 0.5) is 0 Å². The molecule has 0 aliphatic rings. The van der Waals surface area contributed by atoms with Gasteiger partial charge in [0.25, 0.3) is 0 Å². The number of aryl methyl sites for hydroxylation is 2. The molecule has 4 nitrogen and oxygen atoms in total. The highest BCUT2D eigenvalue weighted by atomic mass is 15.1. The second-order valence-corrected chi connectivity index (χ2v) is 4.15. The molecule has 0 aliphatic heterocycles. The predicted octanol–water partition coefficient (Wildman–Crippen LogP) is 1.68. The molecule has 90 valence electrons. The number of imidazole rings is 1. The van der Waals surface area contributed by atoms with Crippen LogP contribution in [0.25, 0.3) is 0 Å². The van der Waals surface area contributed by atoms with Gasteiger partial charge in [-0.2, -0.15) is 0 Å². The Morgan fingerprint density at radius 1 is 1.24 bits per heavy atom. The van der Waals surface area contributed by atoms with Crippen LogP contribution in [-0.4, -0.2) is 21.1 Å². The summed E-state index contributed by atoms with van der Waals surface area (Å²) in [5.41, 5.74) is 2.28. The van der Waals surface area contributed by atoms with Gasteiger partial charge in [0.15, 0.2) is 0 Å². The van der Waals surface area contributed by atoms with Crippen molar-refractivity contribution in [1.82, 2.24) is 19.9 Å². The normalized spacial score (nSPS) is 10.7. The van der Waals surface area contributed by atoms with Gasteiger partial charge in [-0.05, 0) is 25.5 Å². The quantitative estimate of drug-likeness (QED) is 0.795. The van der Waals surface area contributed by atoms with Gasteiger partial charge in [0.1, 0.15) is 5.82 Å². The molecule has 0 fully saturated rings. The summed E-state index contributed by atoms with van der Waals surface area (Å²) < 4.78 is 2.14. The van der Waals surface area contributed by atoms with E-state index >= 15 is 0 Å². The van der Waals surface area contributed by atoms with E-state index in [4.69, 9.17) is 0 Å². The van der Waals surface area contributed by atoms with Crippen molar-refractivity contribution < 1.29 is 0 Å². The van der Waals surface area contributed by atoms with E-state index < -0.39 is 0 Å². The number of pyridine rings is 1. The maximum atomic E-state index is 4.27. The Hall–Kier alpha value is -1.68. The highest BCUT2D eigenvalue weighted by Crippen LogP contribution is 1.98. The number of nitrogens with one attached hydrogen (secondary N) is 1. The molecule has 0 saturated heterocycles. The van der Waals surface area contributed by atoms with E-state index in [1.807, 2.05) is 38.5 Å². The van der Waals surface area contributed by atoms with Gasteiger partial charge in [-0.25, -0.2) is 4.98 Å². The van der Waals surface area contributed by atoms with Crippen LogP contribution in [0.3, 0.4) is 0 Å². The lowest BCUT2D eigenvalue weighted by atomic mass is 10.2. The monoisotopic (exact) mass is 230 g/mol. The number of hydrogen-bond donors (Lipinski definition) is 1. The van der Waals surface area contributed by atoms with Crippen LogP contribution in [0.2, 0.25) is 0 Å². The molecule has 0 saturated carbocycles. The summed E-state index contributed by atoms with van der Waals surface area (Å²) in [4.78, 5) is 8.46. The topological polar surface area (TPSA) is 42.7 Å². The van der Waals surface area contributed by atoms with Crippen LogP contribution in [0.1, 0.15) is 17.1 Å². The van der Waals surface area contributed by atoms with Crippen molar-refractivity contribution in [3.63, 3.8) is 0 Å². The highest BCUT2D eigenvalue weighted by molar-refractivity contribution is 5.12. The summed E-state index contributed by atoms with van der Waals surface area (Å²) in [6, 6.07) is 4.15. The van der Waals surface area contributed by atoms with Gasteiger partial charge in [0, 0.05) is 43.9 Å². The van der Waals surface area contributed by atoms with Gasteiger partial charge in [-0.1, -0.05) is 6.07 Å². The van der Waals surface area contributed by atoms with E-state index in [0.29, 0.717) is 0 Å². The summed E-state index contributed by atoms with van der Waals surface area (Å²) in [5, 5.41) is 3.40. The van der Waals surface area contributed by atoms with Crippen LogP contribution in [-0.2, 0) is 13.1 Å². The first-order chi connectivity index (χ1) is 8.25. The number of hydrogen-bond acceptors (Lipinski definition) is 3. The second-order valence-electron chi connectivity index (χ2n) is 4.15. The van der Waals surface area contributed by atoms with Gasteiger partial charge in [-0.15, -0.1) is 0 Å². The first-order valence-corrected chi connectivity index (χ1v) is 5.85. The van der Waals surface area contributed by atoms with Gasteiger partial charge in [0.05, 0.1) is 0 Å². The molecule has 0 radical (unpaired) electrons. The van der Waals surface area contributed by atoms with E-state index in [0.717, 1.165) is 31.2 Å². The number of aromatic nitrogens is 3. The lowest BCUT2D eigenvalue weighted by Crippen LogP contribution is -2.19. The smallest absolute Gasteiger partial charge is 0.105 e. The lowest BCUT2D eigenvalue weighted by molar-refractivity contribution is 0.587. The van der Waals surface area contributed by atoms with Gasteiger partial charge < -0.3 is 9.88 Å². The molecule has 17 heavy (non-hydrogen) atoms. The zero-order valence-electron chi connectivity index (χ0n) is 10.3. The van der Waals surface area contributed by atoms with Crippen LogP contribution >= 0.6 is 0 Å². The average molecular weight is 230 g/mol. The molecule has 0 aliphatic carbocycles. The van der Waals surface area contributed by atoms with Crippen LogP contribution < -0.4 is 5.32 Å². The van der Waals surface area contributed by atoms with Crippen molar-refractivity contribution in [3.05, 3.63) is 47.8 Å². The van der Waals surface area contributed by atoms with Crippen molar-refractivity contribution in [2.75, 3.05) is 6.54 Å². The molecule has 0 unspecified atom stereocenters. The molecule has 1 N–H and O–H groups in total. The molecule has 4 heteroatoms. The molecule has 0 amide bonds. The summed E-state index contributed by atoms with van der Waals surface area (Å²) >= 11 is 0. The molecule has 0 aromatic carbocycles. The van der Waals surface area contributed by atoms with Gasteiger partial charge >= 0.3 is 0 Å². The van der Waals surface area contributed by atoms with Crippen molar-refractivity contribution >= 4 is 0 Å². The first-order valence-electron chi connectivity index (χ1n) is 5.85. The van der Waals surface area contributed by atoms with E-state index in [1.54, 1.807) is 0 Å². The first kappa shape index (κ1) is 11.8. The Kier molecular flexibility index (Phi) is 3.88. The van der Waals surface area contributed by atoms with Crippen LogP contribution in [0.5, 0.6) is 0 Å². The fraction of sp³-hybridized carbons (Fsp3) is 0.385. The van der Waals surface area contributed by atoms with Crippen molar-refractivity contribution in [1.29, 1.82) is 0 Å². The zero-order valence-corrected chi connectivity index (χ0v) is 10.3. The van der Waals surface area contributed by atoms with Gasteiger partial charge in [-0.3, -0.25) is 4.98 Å². The maximum absolute atomic E-state index is 4.27. The van der Waals surface area contributed by atoms with Crippen molar-refractivity contribution in [2.45, 2.75) is 26.9 Å². The minimum absolute atomic E-state index is 0.862. The standard InChI is InChI=1S/C13H18N4/c1-11-3-4-13(10-16-11)9-14-5-7-17-8-6-15-12(17)2/h3-4,6,8,10,14H,5,7,9H2,1-2H3. The largest absolute Gasteiger partial charge is 0.334 e. The Labute approximate surface area is 102 Å². The van der Waals surface area contributed by atoms with E-state index in [-0.39, 0.29) is 0 Å². The maximum Gasteiger partial charge on any atom is 0.105 e. The SMILES string of the molecule is Cc1ccc(CNCCn2ccnc2C)cn1. The fourth-order valence-electron chi connectivity index (χ4n) is 1.68. The average Bonchev–Trinajstić information content (AvgIpc) is 2.73. The summed E-state index contributed by atoms with van der Waals surface area (Å²) in [6.07, 6.45) is 5.76. The summed E-state index contributed by atoms with van der Waals surface area (Å²) in [5.74, 6) is 1.06. The molecule has 2 aromatic rings. The Bertz CT molecular complexity index is 459. The summed E-state index contributed by atoms with van der Waals surface area (Å²) in [6.45, 7) is 6.76. The highest BCUT2D eigenvalue weighted by Gasteiger charge is 1.96. The van der Waals surface area contributed by atoms with Crippen LogP contribution in [0.15, 0.2) is 30.7 Å². The van der Waals surface area contributed by atoms with Crippen molar-refractivity contribution in [2.24, 2.45) is 0 Å². The second kappa shape index (κ2) is 5.59. The van der Waals surface area contributed by atoms with Crippen molar-refractivity contribution in [3.8, 4) is 0 Å². The van der Waals surface area contributed by atoms with Gasteiger partial charge in [0.2, 0.25) is 0 Å². The Morgan fingerprint density at radius 3 is 2.76 bits per heavy atom. The lowest BCUT2D eigenvalue weighted by Gasteiger charge is -2.07. The molecule has 2 rings (SSSR count). The summed E-state index contributed by atoms with van der Waals surface area (Å²) in [7, 11) is 0. The molecule has 0 bridgehead atoms.